The molecule has 0 aromatic heterocycles. The van der Waals surface area contributed by atoms with E-state index in [-0.39, 0.29) is 44.6 Å². The van der Waals surface area contributed by atoms with Crippen molar-refractivity contribution in [1.82, 2.24) is 0 Å². The quantitative estimate of drug-likeness (QED) is 0.176. The van der Waals surface area contributed by atoms with E-state index in [1.807, 2.05) is 13.8 Å². The summed E-state index contributed by atoms with van der Waals surface area (Å²) in [6.07, 6.45) is 2.65. The number of hydrogen-bond donors (Lipinski definition) is 1. The molecule has 0 rings (SSSR count). The zero-order valence-electron chi connectivity index (χ0n) is 21.7. The van der Waals surface area contributed by atoms with Crippen LogP contribution in [0.3, 0.4) is 0 Å². The molecule has 0 amide bonds. The van der Waals surface area contributed by atoms with Crippen LogP contribution in [0.5, 0.6) is 0 Å². The van der Waals surface area contributed by atoms with Gasteiger partial charge in [0.05, 0.1) is 58.7 Å². The molecule has 0 aliphatic carbocycles. The Morgan fingerprint density at radius 2 is 0.943 bits per heavy atom. The third kappa shape index (κ3) is 19.3. The molecule has 1 N–H and O–H groups in total. The maximum Gasteiger partial charge on any atom is 0.339 e. The number of ether oxygens (including phenoxy) is 5. The number of carbonyl (C=O) groups excluding carboxylic acids is 5. The van der Waals surface area contributed by atoms with Crippen LogP contribution in [-0.4, -0.2) is 73.6 Å². The van der Waals surface area contributed by atoms with Gasteiger partial charge < -0.3 is 28.8 Å². The second-order valence-corrected chi connectivity index (χ2v) is 7.36. The molecule has 0 saturated heterocycles. The SMILES string of the molecule is CCCCOC(=O)CCC(=O)OCCCC.CCOC(=O)CC(O)(CC(=O)OCC)C(=O)OCC. The summed E-state index contributed by atoms with van der Waals surface area (Å²) in [5.41, 5.74) is -2.26. The number of esters is 5. The first-order valence-electron chi connectivity index (χ1n) is 12.1. The van der Waals surface area contributed by atoms with E-state index in [0.717, 1.165) is 25.7 Å². The summed E-state index contributed by atoms with van der Waals surface area (Å²) in [6.45, 7) is 9.91. The third-order valence-electron chi connectivity index (χ3n) is 4.19. The van der Waals surface area contributed by atoms with Gasteiger partial charge in [-0.05, 0) is 33.6 Å². The van der Waals surface area contributed by atoms with E-state index in [9.17, 15) is 29.1 Å². The zero-order valence-corrected chi connectivity index (χ0v) is 21.7. The largest absolute Gasteiger partial charge is 0.466 e. The monoisotopic (exact) mass is 506 g/mol. The molecular formula is C24H42O11. The second-order valence-electron chi connectivity index (χ2n) is 7.36. The van der Waals surface area contributed by atoms with Crippen LogP contribution in [0.2, 0.25) is 0 Å². The first kappa shape index (κ1) is 34.5. The molecule has 0 spiro atoms. The Bertz CT molecular complexity index is 589. The first-order valence-corrected chi connectivity index (χ1v) is 12.1. The molecule has 0 unspecified atom stereocenters. The topological polar surface area (TPSA) is 152 Å². The van der Waals surface area contributed by atoms with Crippen LogP contribution in [-0.2, 0) is 47.7 Å². The smallest absolute Gasteiger partial charge is 0.339 e. The molecule has 0 bridgehead atoms. The van der Waals surface area contributed by atoms with E-state index >= 15 is 0 Å². The van der Waals surface area contributed by atoms with Gasteiger partial charge >= 0.3 is 29.8 Å². The third-order valence-corrected chi connectivity index (χ3v) is 4.19. The molecule has 11 nitrogen and oxygen atoms in total. The Hall–Kier alpha value is -2.69. The van der Waals surface area contributed by atoms with E-state index in [1.165, 1.54) is 0 Å². The Morgan fingerprint density at radius 3 is 1.26 bits per heavy atom. The summed E-state index contributed by atoms with van der Waals surface area (Å²) < 4.78 is 23.8. The number of aliphatic hydroxyl groups is 1. The molecule has 11 heteroatoms. The average Bonchev–Trinajstić information content (AvgIpc) is 2.79. The van der Waals surface area contributed by atoms with E-state index in [0.29, 0.717) is 13.2 Å². The molecule has 0 radical (unpaired) electrons. The van der Waals surface area contributed by atoms with Crippen LogP contribution in [0.1, 0.15) is 86.0 Å². The highest BCUT2D eigenvalue weighted by Gasteiger charge is 2.43. The van der Waals surface area contributed by atoms with Crippen LogP contribution >= 0.6 is 0 Å². The minimum atomic E-state index is -2.26. The number of rotatable bonds is 17. The van der Waals surface area contributed by atoms with Crippen molar-refractivity contribution in [2.24, 2.45) is 0 Å². The summed E-state index contributed by atoms with van der Waals surface area (Å²) >= 11 is 0. The van der Waals surface area contributed by atoms with E-state index in [1.54, 1.807) is 20.8 Å². The fourth-order valence-corrected chi connectivity index (χ4v) is 2.38. The summed E-state index contributed by atoms with van der Waals surface area (Å²) in [6, 6.07) is 0. The fraction of sp³-hybridized carbons (Fsp3) is 0.792. The molecular weight excluding hydrogens is 464 g/mol. The molecule has 0 aliphatic heterocycles. The number of hydrogen-bond acceptors (Lipinski definition) is 11. The lowest BCUT2D eigenvalue weighted by atomic mass is 9.95. The summed E-state index contributed by atoms with van der Waals surface area (Å²) in [5.74, 6) is -3.26. The number of unbranched alkanes of at least 4 members (excludes halogenated alkanes) is 2. The van der Waals surface area contributed by atoms with Gasteiger partial charge in [0.15, 0.2) is 5.60 Å². The summed E-state index contributed by atoms with van der Waals surface area (Å²) in [4.78, 5) is 56.6. The lowest BCUT2D eigenvalue weighted by molar-refractivity contribution is -0.177. The van der Waals surface area contributed by atoms with Crippen LogP contribution in [0.4, 0.5) is 0 Å². The van der Waals surface area contributed by atoms with Crippen LogP contribution < -0.4 is 0 Å². The van der Waals surface area contributed by atoms with Crippen molar-refractivity contribution in [3.8, 4) is 0 Å². The molecule has 0 aromatic rings. The van der Waals surface area contributed by atoms with Gasteiger partial charge in [0.2, 0.25) is 0 Å². The van der Waals surface area contributed by atoms with Crippen molar-refractivity contribution in [2.75, 3.05) is 33.0 Å². The van der Waals surface area contributed by atoms with Gasteiger partial charge in [-0.3, -0.25) is 19.2 Å². The lowest BCUT2D eigenvalue weighted by Crippen LogP contribution is -2.44. The molecule has 0 atom stereocenters. The average molecular weight is 507 g/mol. The lowest BCUT2D eigenvalue weighted by Gasteiger charge is -2.23. The Balaban J connectivity index is 0. The maximum atomic E-state index is 11.7. The highest BCUT2D eigenvalue weighted by atomic mass is 16.6. The minimum Gasteiger partial charge on any atom is -0.466 e. The van der Waals surface area contributed by atoms with Crippen molar-refractivity contribution in [3.63, 3.8) is 0 Å². The fourth-order valence-electron chi connectivity index (χ4n) is 2.38. The molecule has 0 fully saturated rings. The van der Waals surface area contributed by atoms with Crippen molar-refractivity contribution in [3.05, 3.63) is 0 Å². The van der Waals surface area contributed by atoms with Crippen LogP contribution in [0.15, 0.2) is 0 Å². The normalized spacial score (nSPS) is 10.3. The highest BCUT2D eigenvalue weighted by molar-refractivity contribution is 5.90. The molecule has 0 saturated carbocycles. The Kier molecular flexibility index (Phi) is 21.5. The van der Waals surface area contributed by atoms with Gasteiger partial charge in [-0.15, -0.1) is 0 Å². The molecule has 35 heavy (non-hydrogen) atoms. The van der Waals surface area contributed by atoms with Crippen LogP contribution in [0.25, 0.3) is 0 Å². The standard InChI is InChI=1S/C12H20O7.C12H22O4/c1-4-17-9(13)7-12(16,11(15)19-6-3)8-10(14)18-5-2;1-3-5-9-15-11(13)7-8-12(14)16-10-6-4-2/h16H,4-8H2,1-3H3;3-10H2,1-2H3. The van der Waals surface area contributed by atoms with Crippen LogP contribution in [0, 0.1) is 0 Å². The molecule has 0 heterocycles. The van der Waals surface area contributed by atoms with Crippen molar-refractivity contribution in [2.45, 2.75) is 91.6 Å². The summed E-state index contributed by atoms with van der Waals surface area (Å²) in [7, 11) is 0. The molecule has 0 aliphatic rings. The Morgan fingerprint density at radius 1 is 0.571 bits per heavy atom. The van der Waals surface area contributed by atoms with Gasteiger partial charge in [-0.25, -0.2) is 4.79 Å². The van der Waals surface area contributed by atoms with E-state index in [4.69, 9.17) is 9.47 Å². The van der Waals surface area contributed by atoms with Gasteiger partial charge in [-0.2, -0.15) is 0 Å². The molecule has 204 valence electrons. The predicted molar refractivity (Wildman–Crippen MR) is 125 cm³/mol. The van der Waals surface area contributed by atoms with Crippen molar-refractivity contribution in [1.29, 1.82) is 0 Å². The van der Waals surface area contributed by atoms with E-state index < -0.39 is 36.4 Å². The van der Waals surface area contributed by atoms with E-state index in [2.05, 4.69) is 14.2 Å². The zero-order chi connectivity index (χ0) is 27.1. The predicted octanol–water partition coefficient (Wildman–Crippen LogP) is 2.64. The van der Waals surface area contributed by atoms with Gasteiger partial charge in [0.1, 0.15) is 0 Å². The highest BCUT2D eigenvalue weighted by Crippen LogP contribution is 2.19. The summed E-state index contributed by atoms with van der Waals surface area (Å²) in [5, 5.41) is 10.1. The number of carbonyl (C=O) groups is 5. The Labute approximate surface area is 207 Å². The minimum absolute atomic E-state index is 0.0206. The van der Waals surface area contributed by atoms with Gasteiger partial charge in [-0.1, -0.05) is 26.7 Å². The molecule has 0 aromatic carbocycles. The maximum absolute atomic E-state index is 11.7. The van der Waals surface area contributed by atoms with Crippen molar-refractivity contribution < 1.29 is 52.8 Å². The van der Waals surface area contributed by atoms with Crippen molar-refractivity contribution >= 4 is 29.8 Å². The first-order chi connectivity index (χ1) is 16.6. The van der Waals surface area contributed by atoms with Gasteiger partial charge in [0, 0.05) is 0 Å². The van der Waals surface area contributed by atoms with Gasteiger partial charge in [0.25, 0.3) is 0 Å². The second kappa shape index (κ2) is 21.8.